The third-order valence-corrected chi connectivity index (χ3v) is 2.78. The molecular formula is C14H12N2O4. The number of nitro benzene ring substituents is 1. The summed E-state index contributed by atoms with van der Waals surface area (Å²) in [5.74, 6) is -0.581. The van der Waals surface area contributed by atoms with E-state index in [9.17, 15) is 20.0 Å². The fourth-order valence-electron chi connectivity index (χ4n) is 1.88. The number of hydrogen-bond donors (Lipinski definition) is 2. The Bertz CT molecular complexity index is 683. The van der Waals surface area contributed by atoms with E-state index >= 15 is 0 Å². The van der Waals surface area contributed by atoms with Gasteiger partial charge in [0.25, 0.3) is 11.6 Å². The number of nitrogens with zero attached hydrogens (tertiary/aromatic N) is 1. The summed E-state index contributed by atoms with van der Waals surface area (Å²) in [7, 11) is 0. The summed E-state index contributed by atoms with van der Waals surface area (Å²) in [6, 6.07) is 10.4. The average molecular weight is 272 g/mol. The molecule has 2 aromatic carbocycles. The normalized spacial score (nSPS) is 10.1. The number of carbonyl (C=O) groups is 1. The first-order chi connectivity index (χ1) is 9.49. The first-order valence-electron chi connectivity index (χ1n) is 5.83. The monoisotopic (exact) mass is 272 g/mol. The molecule has 2 N–H and O–H groups in total. The Balaban J connectivity index is 2.37. The number of phenolic OH excluding ortho intramolecular Hbond substituents is 1. The summed E-state index contributed by atoms with van der Waals surface area (Å²) in [4.78, 5) is 22.6. The van der Waals surface area contributed by atoms with Crippen molar-refractivity contribution in [2.24, 2.45) is 0 Å². The Morgan fingerprint density at radius 3 is 2.60 bits per heavy atom. The number of phenols is 1. The number of aryl methyl sites for hydroxylation is 1. The van der Waals surface area contributed by atoms with Crippen LogP contribution in [0.25, 0.3) is 0 Å². The molecule has 6 heteroatoms. The minimum Gasteiger partial charge on any atom is -0.508 e. The van der Waals surface area contributed by atoms with Crippen LogP contribution in [0, 0.1) is 17.0 Å². The van der Waals surface area contributed by atoms with E-state index in [1.54, 1.807) is 25.1 Å². The van der Waals surface area contributed by atoms with Gasteiger partial charge in [0.1, 0.15) is 11.3 Å². The highest BCUT2D eigenvalue weighted by atomic mass is 16.6. The van der Waals surface area contributed by atoms with E-state index in [0.717, 1.165) is 0 Å². The van der Waals surface area contributed by atoms with E-state index in [0.29, 0.717) is 11.3 Å². The Morgan fingerprint density at radius 2 is 1.95 bits per heavy atom. The SMILES string of the molecule is Cc1cccc([N+](=O)[O-])c1C(=O)Nc1cccc(O)c1. The van der Waals surface area contributed by atoms with E-state index in [-0.39, 0.29) is 17.0 Å². The molecule has 2 rings (SSSR count). The fraction of sp³-hybridized carbons (Fsp3) is 0.0714. The van der Waals surface area contributed by atoms with Gasteiger partial charge in [0, 0.05) is 17.8 Å². The van der Waals surface area contributed by atoms with Crippen LogP contribution in [0.2, 0.25) is 0 Å². The van der Waals surface area contributed by atoms with Gasteiger partial charge in [-0.2, -0.15) is 0 Å². The molecule has 0 aliphatic rings. The highest BCUT2D eigenvalue weighted by Gasteiger charge is 2.22. The largest absolute Gasteiger partial charge is 0.508 e. The van der Waals surface area contributed by atoms with Gasteiger partial charge in [0.2, 0.25) is 0 Å². The van der Waals surface area contributed by atoms with E-state index in [4.69, 9.17) is 0 Å². The molecule has 0 fully saturated rings. The Kier molecular flexibility index (Phi) is 3.65. The maximum Gasteiger partial charge on any atom is 0.282 e. The lowest BCUT2D eigenvalue weighted by Crippen LogP contribution is -2.15. The van der Waals surface area contributed by atoms with Crippen LogP contribution in [0.1, 0.15) is 15.9 Å². The standard InChI is InChI=1S/C14H12N2O4/c1-9-4-2-7-12(16(19)20)13(9)14(18)15-10-5-3-6-11(17)8-10/h2-8,17H,1H3,(H,15,18). The van der Waals surface area contributed by atoms with Crippen molar-refractivity contribution in [1.82, 2.24) is 0 Å². The zero-order valence-corrected chi connectivity index (χ0v) is 10.7. The number of carbonyl (C=O) groups excluding carboxylic acids is 1. The van der Waals surface area contributed by atoms with Crippen LogP contribution in [-0.2, 0) is 0 Å². The van der Waals surface area contributed by atoms with Crippen LogP contribution in [0.5, 0.6) is 5.75 Å². The highest BCUT2D eigenvalue weighted by Crippen LogP contribution is 2.24. The molecule has 2 aromatic rings. The van der Waals surface area contributed by atoms with Gasteiger partial charge in [-0.15, -0.1) is 0 Å². The number of hydrogen-bond acceptors (Lipinski definition) is 4. The molecule has 6 nitrogen and oxygen atoms in total. The summed E-state index contributed by atoms with van der Waals surface area (Å²) in [6.07, 6.45) is 0. The van der Waals surface area contributed by atoms with E-state index in [1.807, 2.05) is 0 Å². The predicted molar refractivity (Wildman–Crippen MR) is 73.9 cm³/mol. The maximum atomic E-state index is 12.2. The third kappa shape index (κ3) is 2.74. The van der Waals surface area contributed by atoms with Crippen molar-refractivity contribution >= 4 is 17.3 Å². The van der Waals surface area contributed by atoms with Gasteiger partial charge in [0.15, 0.2) is 0 Å². The maximum absolute atomic E-state index is 12.2. The van der Waals surface area contributed by atoms with Gasteiger partial charge in [-0.3, -0.25) is 14.9 Å². The smallest absolute Gasteiger partial charge is 0.282 e. The number of benzene rings is 2. The number of nitrogens with one attached hydrogen (secondary N) is 1. The van der Waals surface area contributed by atoms with Crippen molar-refractivity contribution in [3.8, 4) is 5.75 Å². The van der Waals surface area contributed by atoms with Crippen LogP contribution in [0.15, 0.2) is 42.5 Å². The van der Waals surface area contributed by atoms with Crippen LogP contribution < -0.4 is 5.32 Å². The van der Waals surface area contributed by atoms with Crippen molar-refractivity contribution < 1.29 is 14.8 Å². The average Bonchev–Trinajstić information content (AvgIpc) is 2.38. The summed E-state index contributed by atoms with van der Waals surface area (Å²) < 4.78 is 0. The first kappa shape index (κ1) is 13.5. The van der Waals surface area contributed by atoms with Crippen LogP contribution in [-0.4, -0.2) is 15.9 Å². The molecule has 102 valence electrons. The van der Waals surface area contributed by atoms with Crippen LogP contribution in [0.3, 0.4) is 0 Å². The number of nitro groups is 1. The second-order valence-corrected chi connectivity index (χ2v) is 4.23. The Labute approximate surface area is 114 Å². The molecule has 0 bridgehead atoms. The molecule has 0 heterocycles. The van der Waals surface area contributed by atoms with Gasteiger partial charge in [-0.1, -0.05) is 18.2 Å². The predicted octanol–water partition coefficient (Wildman–Crippen LogP) is 2.86. The molecule has 0 unspecified atom stereocenters. The minimum absolute atomic E-state index is 0.00193. The van der Waals surface area contributed by atoms with Crippen LogP contribution >= 0.6 is 0 Å². The highest BCUT2D eigenvalue weighted by molar-refractivity contribution is 6.08. The van der Waals surface area contributed by atoms with Crippen molar-refractivity contribution in [2.45, 2.75) is 6.92 Å². The van der Waals surface area contributed by atoms with Gasteiger partial charge >= 0.3 is 0 Å². The van der Waals surface area contributed by atoms with Crippen molar-refractivity contribution in [3.63, 3.8) is 0 Å². The van der Waals surface area contributed by atoms with Crippen molar-refractivity contribution in [3.05, 3.63) is 63.7 Å². The number of rotatable bonds is 3. The summed E-state index contributed by atoms with van der Waals surface area (Å²) >= 11 is 0. The fourth-order valence-corrected chi connectivity index (χ4v) is 1.88. The molecule has 0 atom stereocenters. The quantitative estimate of drug-likeness (QED) is 0.663. The molecule has 1 amide bonds. The zero-order valence-electron chi connectivity index (χ0n) is 10.7. The zero-order chi connectivity index (χ0) is 14.7. The number of aromatic hydroxyl groups is 1. The van der Waals surface area contributed by atoms with E-state index in [1.165, 1.54) is 24.3 Å². The lowest BCUT2D eigenvalue weighted by molar-refractivity contribution is -0.385. The third-order valence-electron chi connectivity index (χ3n) is 2.78. The molecule has 0 saturated heterocycles. The first-order valence-corrected chi connectivity index (χ1v) is 5.83. The minimum atomic E-state index is -0.593. The Morgan fingerprint density at radius 1 is 1.25 bits per heavy atom. The lowest BCUT2D eigenvalue weighted by Gasteiger charge is -2.08. The van der Waals surface area contributed by atoms with E-state index < -0.39 is 10.8 Å². The van der Waals surface area contributed by atoms with Gasteiger partial charge in [-0.05, 0) is 24.6 Å². The summed E-state index contributed by atoms with van der Waals surface area (Å²) in [5, 5.41) is 22.8. The molecule has 0 saturated carbocycles. The molecule has 0 aromatic heterocycles. The lowest BCUT2D eigenvalue weighted by atomic mass is 10.1. The second-order valence-electron chi connectivity index (χ2n) is 4.23. The molecule has 20 heavy (non-hydrogen) atoms. The van der Waals surface area contributed by atoms with Gasteiger partial charge in [0.05, 0.1) is 4.92 Å². The van der Waals surface area contributed by atoms with Crippen LogP contribution in [0.4, 0.5) is 11.4 Å². The number of amides is 1. The topological polar surface area (TPSA) is 92.5 Å². The van der Waals surface area contributed by atoms with Gasteiger partial charge < -0.3 is 10.4 Å². The van der Waals surface area contributed by atoms with Gasteiger partial charge in [-0.25, -0.2) is 0 Å². The summed E-state index contributed by atoms with van der Waals surface area (Å²) in [5.41, 5.74) is 0.646. The van der Waals surface area contributed by atoms with Crippen molar-refractivity contribution in [1.29, 1.82) is 0 Å². The Hall–Kier alpha value is -2.89. The molecule has 0 radical (unpaired) electrons. The van der Waals surface area contributed by atoms with Crippen molar-refractivity contribution in [2.75, 3.05) is 5.32 Å². The number of anilines is 1. The molecule has 0 spiro atoms. The molecule has 0 aliphatic carbocycles. The summed E-state index contributed by atoms with van der Waals surface area (Å²) in [6.45, 7) is 1.63. The second kappa shape index (κ2) is 5.40. The molecule has 0 aliphatic heterocycles. The molecular weight excluding hydrogens is 260 g/mol. The van der Waals surface area contributed by atoms with E-state index in [2.05, 4.69) is 5.32 Å².